The molecule has 0 aliphatic rings. The van der Waals surface area contributed by atoms with E-state index in [0.29, 0.717) is 0 Å². The smallest absolute Gasteiger partial charge is 0.0546 e. The zero-order chi connectivity index (χ0) is 31.2. The number of para-hydroxylation sites is 2. The minimum Gasteiger partial charge on any atom is -0.372 e. The van der Waals surface area contributed by atoms with Crippen molar-refractivity contribution >= 4 is 28.4 Å². The molecule has 0 N–H and O–H groups in total. The monoisotopic (exact) mass is 581 g/mol. The van der Waals surface area contributed by atoms with E-state index in [1.54, 1.807) is 0 Å². The first kappa shape index (κ1) is 30.9. The van der Waals surface area contributed by atoms with Gasteiger partial charge >= 0.3 is 0 Å². The van der Waals surface area contributed by atoms with Crippen LogP contribution in [0.4, 0.5) is 28.4 Å². The summed E-state index contributed by atoms with van der Waals surface area (Å²) in [6.07, 6.45) is 0. The van der Waals surface area contributed by atoms with Crippen molar-refractivity contribution in [1.82, 2.24) is 0 Å². The first-order chi connectivity index (χ1) is 21.4. The number of nitrogens with zero attached hydrogens (tertiary/aromatic N) is 3. The van der Waals surface area contributed by atoms with Crippen molar-refractivity contribution in [3.05, 3.63) is 126 Å². The maximum absolute atomic E-state index is 2.42. The van der Waals surface area contributed by atoms with Crippen LogP contribution in [0.2, 0.25) is 0 Å². The molecule has 0 atom stereocenters. The minimum atomic E-state index is 0.990. The average molecular weight is 582 g/mol. The molecular weight excluding hydrogens is 534 g/mol. The molecule has 5 aromatic carbocycles. The van der Waals surface area contributed by atoms with Crippen LogP contribution in [0.25, 0.3) is 22.3 Å². The topological polar surface area (TPSA) is 9.72 Å². The van der Waals surface area contributed by atoms with Crippen molar-refractivity contribution in [2.75, 3.05) is 40.9 Å². The van der Waals surface area contributed by atoms with Gasteiger partial charge in [0, 0.05) is 54.5 Å². The molecule has 0 unspecified atom stereocenters. The SMILES string of the molecule is CCN(CC)c1ccc(-c2c(C)ccc(N(c3ccccc3)c3ccccc3)c2-c2ccc(N(CC)CC)cc2C)c(C)c1. The number of hydrogen-bond donors (Lipinski definition) is 0. The molecule has 5 aromatic rings. The van der Waals surface area contributed by atoms with Crippen LogP contribution in [-0.2, 0) is 0 Å². The number of hydrogen-bond acceptors (Lipinski definition) is 3. The van der Waals surface area contributed by atoms with Crippen molar-refractivity contribution in [3.63, 3.8) is 0 Å². The van der Waals surface area contributed by atoms with Crippen molar-refractivity contribution in [2.24, 2.45) is 0 Å². The molecule has 226 valence electrons. The molecule has 3 heteroatoms. The Morgan fingerprint density at radius 3 is 1.25 bits per heavy atom. The molecule has 0 radical (unpaired) electrons. The molecule has 0 aliphatic heterocycles. The molecule has 0 heterocycles. The van der Waals surface area contributed by atoms with Gasteiger partial charge in [-0.05, 0) is 136 Å². The van der Waals surface area contributed by atoms with Crippen LogP contribution in [0.1, 0.15) is 44.4 Å². The lowest BCUT2D eigenvalue weighted by atomic mass is 9.85. The van der Waals surface area contributed by atoms with E-state index in [2.05, 4.69) is 172 Å². The summed E-state index contributed by atoms with van der Waals surface area (Å²) in [5, 5.41) is 0. The third-order valence-electron chi connectivity index (χ3n) is 8.88. The fourth-order valence-corrected chi connectivity index (χ4v) is 6.51. The molecule has 0 spiro atoms. The van der Waals surface area contributed by atoms with Gasteiger partial charge in [-0.15, -0.1) is 0 Å². The third-order valence-corrected chi connectivity index (χ3v) is 8.88. The zero-order valence-corrected chi connectivity index (χ0v) is 27.6. The zero-order valence-electron chi connectivity index (χ0n) is 27.6. The molecule has 0 fully saturated rings. The van der Waals surface area contributed by atoms with Gasteiger partial charge in [-0.3, -0.25) is 0 Å². The molecule has 44 heavy (non-hydrogen) atoms. The highest BCUT2D eigenvalue weighted by Crippen LogP contribution is 2.48. The van der Waals surface area contributed by atoms with Crippen LogP contribution in [0.3, 0.4) is 0 Å². The van der Waals surface area contributed by atoms with Crippen LogP contribution >= 0.6 is 0 Å². The second kappa shape index (κ2) is 13.9. The normalized spacial score (nSPS) is 11.0. The maximum Gasteiger partial charge on any atom is 0.0546 e. The van der Waals surface area contributed by atoms with E-state index in [4.69, 9.17) is 0 Å². The Bertz CT molecular complexity index is 1640. The van der Waals surface area contributed by atoms with Gasteiger partial charge in [0.1, 0.15) is 0 Å². The lowest BCUT2D eigenvalue weighted by Crippen LogP contribution is -2.21. The van der Waals surface area contributed by atoms with Gasteiger partial charge in [0.15, 0.2) is 0 Å². The largest absolute Gasteiger partial charge is 0.372 e. The first-order valence-corrected chi connectivity index (χ1v) is 16.2. The van der Waals surface area contributed by atoms with Crippen LogP contribution in [0, 0.1) is 20.8 Å². The van der Waals surface area contributed by atoms with E-state index in [9.17, 15) is 0 Å². The highest BCUT2D eigenvalue weighted by molar-refractivity contribution is 5.99. The summed E-state index contributed by atoms with van der Waals surface area (Å²) >= 11 is 0. The molecular formula is C41H47N3. The molecule has 0 bridgehead atoms. The number of rotatable bonds is 11. The van der Waals surface area contributed by atoms with E-state index in [1.165, 1.54) is 56.0 Å². The summed E-state index contributed by atoms with van der Waals surface area (Å²) in [6, 6.07) is 40.1. The van der Waals surface area contributed by atoms with E-state index < -0.39 is 0 Å². The van der Waals surface area contributed by atoms with Crippen LogP contribution in [0.5, 0.6) is 0 Å². The lowest BCUT2D eigenvalue weighted by Gasteiger charge is -2.31. The van der Waals surface area contributed by atoms with E-state index in [1.807, 2.05) is 0 Å². The molecule has 0 amide bonds. The molecule has 0 aromatic heterocycles. The molecule has 3 nitrogen and oxygen atoms in total. The Labute approximate surface area is 265 Å². The number of aryl methyl sites for hydroxylation is 3. The fourth-order valence-electron chi connectivity index (χ4n) is 6.51. The summed E-state index contributed by atoms with van der Waals surface area (Å²) in [5.41, 5.74) is 15.0. The Hall–Kier alpha value is -4.50. The Morgan fingerprint density at radius 1 is 0.409 bits per heavy atom. The van der Waals surface area contributed by atoms with E-state index >= 15 is 0 Å². The number of anilines is 5. The van der Waals surface area contributed by atoms with Gasteiger partial charge in [0.05, 0.1) is 5.69 Å². The van der Waals surface area contributed by atoms with E-state index in [0.717, 1.165) is 37.6 Å². The standard InChI is InChI=1S/C41H47N3/c1-8-42(9-2)35-23-25-37(31(6)28-35)40-30(5)22-27-39(41(40)38-26-24-36(29-32(38)7)43(10-3)11-4)44(33-18-14-12-15-19-33)34-20-16-13-17-21-34/h12-29H,8-11H2,1-7H3. The van der Waals surface area contributed by atoms with Crippen molar-refractivity contribution < 1.29 is 0 Å². The van der Waals surface area contributed by atoms with Crippen LogP contribution < -0.4 is 14.7 Å². The summed E-state index contributed by atoms with van der Waals surface area (Å²) in [4.78, 5) is 7.25. The molecule has 0 saturated heterocycles. The molecule has 0 saturated carbocycles. The number of benzene rings is 5. The third kappa shape index (κ3) is 6.10. The Kier molecular flexibility index (Phi) is 9.75. The fraction of sp³-hybridized carbons (Fsp3) is 0.268. The summed E-state index contributed by atoms with van der Waals surface area (Å²) in [7, 11) is 0. The maximum atomic E-state index is 2.42. The van der Waals surface area contributed by atoms with Crippen molar-refractivity contribution in [1.29, 1.82) is 0 Å². The lowest BCUT2D eigenvalue weighted by molar-refractivity contribution is 0.865. The quantitative estimate of drug-likeness (QED) is 0.154. The first-order valence-electron chi connectivity index (χ1n) is 16.2. The van der Waals surface area contributed by atoms with Gasteiger partial charge in [-0.25, -0.2) is 0 Å². The minimum absolute atomic E-state index is 0.990. The predicted octanol–water partition coefficient (Wildman–Crippen LogP) is 11.1. The highest BCUT2D eigenvalue weighted by Gasteiger charge is 2.24. The predicted molar refractivity (Wildman–Crippen MR) is 193 cm³/mol. The Morgan fingerprint density at radius 2 is 0.841 bits per heavy atom. The summed E-state index contributed by atoms with van der Waals surface area (Å²) in [6.45, 7) is 19.7. The van der Waals surface area contributed by atoms with E-state index in [-0.39, 0.29) is 0 Å². The van der Waals surface area contributed by atoms with Gasteiger partial charge in [0.25, 0.3) is 0 Å². The van der Waals surface area contributed by atoms with Crippen LogP contribution in [0.15, 0.2) is 109 Å². The van der Waals surface area contributed by atoms with Gasteiger partial charge in [-0.1, -0.05) is 54.6 Å². The average Bonchev–Trinajstić information content (AvgIpc) is 3.05. The summed E-state index contributed by atoms with van der Waals surface area (Å²) < 4.78 is 0. The van der Waals surface area contributed by atoms with Gasteiger partial charge in [-0.2, -0.15) is 0 Å². The molecule has 5 rings (SSSR count). The summed E-state index contributed by atoms with van der Waals surface area (Å²) in [5.74, 6) is 0. The van der Waals surface area contributed by atoms with Crippen molar-refractivity contribution in [3.8, 4) is 22.3 Å². The Balaban J connectivity index is 1.84. The van der Waals surface area contributed by atoms with Gasteiger partial charge in [0.2, 0.25) is 0 Å². The van der Waals surface area contributed by atoms with Crippen molar-refractivity contribution in [2.45, 2.75) is 48.5 Å². The second-order valence-electron chi connectivity index (χ2n) is 11.5. The van der Waals surface area contributed by atoms with Gasteiger partial charge < -0.3 is 14.7 Å². The molecule has 0 aliphatic carbocycles. The second-order valence-corrected chi connectivity index (χ2v) is 11.5. The van der Waals surface area contributed by atoms with Crippen LogP contribution in [-0.4, -0.2) is 26.2 Å². The highest BCUT2D eigenvalue weighted by atomic mass is 15.1.